The van der Waals surface area contributed by atoms with Crippen LogP contribution < -0.4 is 5.32 Å². The number of ether oxygens (including phenoxy) is 8. The molecule has 56 heavy (non-hydrogen) atoms. The molecular formula is C32H57NO23. The fourth-order valence-corrected chi connectivity index (χ4v) is 6.88. The van der Waals surface area contributed by atoms with E-state index in [2.05, 4.69) is 5.32 Å². The third kappa shape index (κ3) is 10.3. The third-order valence-electron chi connectivity index (χ3n) is 10.2. The normalized spacial score (nSPS) is 47.1. The van der Waals surface area contributed by atoms with Gasteiger partial charge in [-0.05, 0) is 20.8 Å². The Morgan fingerprint density at radius 2 is 1.04 bits per heavy atom. The molecule has 0 unspecified atom stereocenters. The first-order valence-electron chi connectivity index (χ1n) is 18.1. The Morgan fingerprint density at radius 1 is 0.589 bits per heavy atom. The maximum absolute atomic E-state index is 12.4. The average Bonchev–Trinajstić information content (AvgIpc) is 3.15. The van der Waals surface area contributed by atoms with Crippen LogP contribution in [0.15, 0.2) is 0 Å². The SMILES string of the molecule is CC(=O)N[C@H]1[C@@H](O[C@@H]2[C@@H](O)[C@H](C)O[C@H](O[C@H]([C@@H](O[C@H]3O[C@H](CO)[C@@H](O)[C@H](O)[C@H]3O)[C@@H](O)CO)[C@H](C)O)[C@@H]2O)O[C@H](C)[C@H](O)[C@@H]1O[C@H]1O[C@H](CO)[C@H](O)[C@H](O)[C@H]1O. The van der Waals surface area contributed by atoms with Crippen LogP contribution in [0.3, 0.4) is 0 Å². The van der Waals surface area contributed by atoms with Crippen LogP contribution in [0.1, 0.15) is 27.7 Å². The summed E-state index contributed by atoms with van der Waals surface area (Å²) in [5.74, 6) is -0.716. The van der Waals surface area contributed by atoms with Crippen LogP contribution in [0, 0.1) is 0 Å². The molecule has 24 nitrogen and oxygen atoms in total. The molecule has 0 aromatic rings. The zero-order valence-corrected chi connectivity index (χ0v) is 30.9. The number of nitrogens with one attached hydrogen (secondary N) is 1. The Labute approximate surface area is 320 Å². The van der Waals surface area contributed by atoms with Crippen LogP contribution in [-0.2, 0) is 42.7 Å². The zero-order chi connectivity index (χ0) is 41.9. The summed E-state index contributed by atoms with van der Waals surface area (Å²) in [5, 5.41) is 149. The van der Waals surface area contributed by atoms with E-state index in [0.717, 1.165) is 13.8 Å². The molecule has 0 radical (unpaired) electrons. The smallest absolute Gasteiger partial charge is 0.217 e. The van der Waals surface area contributed by atoms with E-state index in [1.54, 1.807) is 0 Å². The first-order valence-corrected chi connectivity index (χ1v) is 18.1. The van der Waals surface area contributed by atoms with E-state index in [9.17, 15) is 76.3 Å². The number of rotatable bonds is 15. The van der Waals surface area contributed by atoms with Gasteiger partial charge >= 0.3 is 0 Å². The first-order chi connectivity index (χ1) is 26.3. The molecule has 0 aliphatic carbocycles. The summed E-state index contributed by atoms with van der Waals surface area (Å²) in [6, 6.07) is -1.51. The lowest BCUT2D eigenvalue weighted by atomic mass is 9.94. The maximum atomic E-state index is 12.4. The van der Waals surface area contributed by atoms with Gasteiger partial charge in [-0.1, -0.05) is 0 Å². The zero-order valence-electron chi connectivity index (χ0n) is 30.9. The Hall–Kier alpha value is -1.41. The summed E-state index contributed by atoms with van der Waals surface area (Å²) in [7, 11) is 0. The lowest BCUT2D eigenvalue weighted by molar-refractivity contribution is -0.372. The molecule has 0 aromatic heterocycles. The van der Waals surface area contributed by atoms with Gasteiger partial charge in [0.1, 0.15) is 104 Å². The Bertz CT molecular complexity index is 1220. The molecule has 4 aliphatic rings. The van der Waals surface area contributed by atoms with Crippen molar-refractivity contribution in [3.05, 3.63) is 0 Å². The van der Waals surface area contributed by atoms with Crippen molar-refractivity contribution in [2.75, 3.05) is 19.8 Å². The summed E-state index contributed by atoms with van der Waals surface area (Å²) in [6.45, 7) is 2.32. The summed E-state index contributed by atoms with van der Waals surface area (Å²) >= 11 is 0. The van der Waals surface area contributed by atoms with E-state index in [1.807, 2.05) is 0 Å². The Morgan fingerprint density at radius 3 is 1.54 bits per heavy atom. The molecule has 0 saturated carbocycles. The average molecular weight is 824 g/mol. The van der Waals surface area contributed by atoms with Gasteiger partial charge in [0.05, 0.1) is 38.1 Å². The highest BCUT2D eigenvalue weighted by Crippen LogP contribution is 2.34. The monoisotopic (exact) mass is 823 g/mol. The maximum Gasteiger partial charge on any atom is 0.217 e. The molecule has 0 aromatic carbocycles. The van der Waals surface area contributed by atoms with E-state index < -0.39 is 173 Å². The summed E-state index contributed by atoms with van der Waals surface area (Å²) < 4.78 is 45.6. The molecule has 4 rings (SSSR count). The minimum atomic E-state index is -2.00. The van der Waals surface area contributed by atoms with Gasteiger partial charge in [0.15, 0.2) is 25.2 Å². The topological polar surface area (TPSA) is 386 Å². The van der Waals surface area contributed by atoms with Crippen LogP contribution in [-0.4, -0.2) is 244 Å². The van der Waals surface area contributed by atoms with Crippen molar-refractivity contribution in [1.82, 2.24) is 5.32 Å². The highest BCUT2D eigenvalue weighted by Gasteiger charge is 2.55. The van der Waals surface area contributed by atoms with Crippen LogP contribution >= 0.6 is 0 Å². The van der Waals surface area contributed by atoms with Crippen molar-refractivity contribution in [3.8, 4) is 0 Å². The van der Waals surface area contributed by atoms with Crippen molar-refractivity contribution in [1.29, 1.82) is 0 Å². The number of hydrogen-bond acceptors (Lipinski definition) is 23. The van der Waals surface area contributed by atoms with E-state index in [-0.39, 0.29) is 0 Å². The molecule has 4 saturated heterocycles. The number of hydrogen-bond donors (Lipinski definition) is 15. The number of carbonyl (C=O) groups is 1. The van der Waals surface area contributed by atoms with Crippen molar-refractivity contribution in [2.45, 2.75) is 175 Å². The van der Waals surface area contributed by atoms with Crippen LogP contribution in [0.4, 0.5) is 0 Å². The highest BCUT2D eigenvalue weighted by molar-refractivity contribution is 5.73. The van der Waals surface area contributed by atoms with Gasteiger partial charge in [-0.3, -0.25) is 4.79 Å². The van der Waals surface area contributed by atoms with Crippen LogP contribution in [0.5, 0.6) is 0 Å². The number of carbonyl (C=O) groups excluding carboxylic acids is 1. The predicted molar refractivity (Wildman–Crippen MR) is 176 cm³/mol. The second kappa shape index (κ2) is 20.2. The van der Waals surface area contributed by atoms with Gasteiger partial charge in [0, 0.05) is 6.92 Å². The molecule has 328 valence electrons. The minimum Gasteiger partial charge on any atom is -0.394 e. The van der Waals surface area contributed by atoms with Gasteiger partial charge in [-0.25, -0.2) is 0 Å². The summed E-state index contributed by atoms with van der Waals surface area (Å²) in [5.41, 5.74) is 0. The van der Waals surface area contributed by atoms with E-state index in [0.29, 0.717) is 0 Å². The van der Waals surface area contributed by atoms with Crippen molar-refractivity contribution in [2.24, 2.45) is 0 Å². The second-order valence-electron chi connectivity index (χ2n) is 14.4. The van der Waals surface area contributed by atoms with Gasteiger partial charge in [0.2, 0.25) is 5.91 Å². The standard InChI is InChI=1S/C32H57NO23/c1-8(37)25(26(12(39)5-34)54-30-22(46)20(44)18(42)13(6-35)51-30)53-32-24(48)28(17(41)10(3)50-32)56-29-15(33-11(4)38)27(16(40)9(2)49-29)55-31-23(47)21(45)19(43)14(7-36)52-31/h8-10,12-32,34-37,39-48H,5-7H2,1-4H3,(H,33,38)/t8-,9+,10-,12-,13+,14+,15+,16-,17-,18+,19-,20-,21-,22+,23+,24+,25-,26-,27+,28+,29+,30+,31+,32+/m0/s1. The molecule has 4 heterocycles. The van der Waals surface area contributed by atoms with E-state index in [1.165, 1.54) is 13.8 Å². The quantitative estimate of drug-likeness (QED) is 0.0729. The molecular weight excluding hydrogens is 766 g/mol. The molecule has 24 heteroatoms. The molecule has 15 N–H and O–H groups in total. The summed E-state index contributed by atoms with van der Waals surface area (Å²) in [4.78, 5) is 12.4. The van der Waals surface area contributed by atoms with E-state index >= 15 is 0 Å². The fourth-order valence-electron chi connectivity index (χ4n) is 6.88. The van der Waals surface area contributed by atoms with E-state index in [4.69, 9.17) is 37.9 Å². The Balaban J connectivity index is 1.59. The van der Waals surface area contributed by atoms with Crippen LogP contribution in [0.25, 0.3) is 0 Å². The largest absolute Gasteiger partial charge is 0.394 e. The number of amides is 1. The molecule has 4 fully saturated rings. The van der Waals surface area contributed by atoms with Crippen molar-refractivity contribution < 1.29 is 114 Å². The first kappa shape index (κ1) is 47.3. The lowest BCUT2D eigenvalue weighted by Gasteiger charge is -2.49. The van der Waals surface area contributed by atoms with Gasteiger partial charge in [-0.15, -0.1) is 0 Å². The van der Waals surface area contributed by atoms with Crippen LogP contribution in [0.2, 0.25) is 0 Å². The number of aliphatic hydroxyl groups is 14. The second-order valence-corrected chi connectivity index (χ2v) is 14.4. The minimum absolute atomic E-state index is 0.716. The molecule has 1 amide bonds. The third-order valence-corrected chi connectivity index (χ3v) is 10.2. The number of aliphatic hydroxyl groups excluding tert-OH is 14. The van der Waals surface area contributed by atoms with Gasteiger partial charge in [0.25, 0.3) is 0 Å². The molecule has 0 spiro atoms. The highest BCUT2D eigenvalue weighted by atomic mass is 16.8. The van der Waals surface area contributed by atoms with Crippen molar-refractivity contribution >= 4 is 5.91 Å². The predicted octanol–water partition coefficient (Wildman–Crippen LogP) is -9.06. The summed E-state index contributed by atoms with van der Waals surface area (Å²) in [6.07, 6.45) is -39.3. The molecule has 24 atom stereocenters. The van der Waals surface area contributed by atoms with Gasteiger partial charge in [-0.2, -0.15) is 0 Å². The molecule has 0 bridgehead atoms. The Kier molecular flexibility index (Phi) is 17.1. The van der Waals surface area contributed by atoms with Gasteiger partial charge < -0.3 is 115 Å². The lowest BCUT2D eigenvalue weighted by Crippen LogP contribution is -2.69. The fraction of sp³-hybridized carbons (Fsp3) is 0.969. The molecule has 4 aliphatic heterocycles. The van der Waals surface area contributed by atoms with Crippen molar-refractivity contribution in [3.63, 3.8) is 0 Å².